The van der Waals surface area contributed by atoms with Crippen molar-refractivity contribution in [2.75, 3.05) is 6.61 Å². The van der Waals surface area contributed by atoms with Gasteiger partial charge in [0.15, 0.2) is 11.5 Å². The number of benzene rings is 2. The van der Waals surface area contributed by atoms with Crippen LogP contribution in [0.25, 0.3) is 22.8 Å². The Morgan fingerprint density at radius 1 is 1.13 bits per heavy atom. The average molecular weight is 372 g/mol. The number of ether oxygens (including phenoxy) is 1. The quantitative estimate of drug-likeness (QED) is 0.609. The van der Waals surface area contributed by atoms with Gasteiger partial charge in [0.05, 0.1) is 6.61 Å². The molecule has 116 valence electrons. The Kier molecular flexibility index (Phi) is 4.57. The number of carbonyl (C=O) groups excluding carboxylic acids is 1. The van der Waals surface area contributed by atoms with Crippen molar-refractivity contribution in [3.8, 4) is 22.8 Å². The van der Waals surface area contributed by atoms with Gasteiger partial charge in [-0.1, -0.05) is 46.3 Å². The predicted molar refractivity (Wildman–Crippen MR) is 91.0 cm³/mol. The van der Waals surface area contributed by atoms with Gasteiger partial charge in [-0.3, -0.25) is 0 Å². The molecule has 0 unspecified atom stereocenters. The summed E-state index contributed by atoms with van der Waals surface area (Å²) in [7, 11) is 0. The number of carbonyl (C=O) groups is 1. The Bertz CT molecular complexity index is 827. The number of rotatable bonds is 4. The van der Waals surface area contributed by atoms with Gasteiger partial charge in [-0.2, -0.15) is 0 Å². The fraction of sp³-hybridized carbons (Fsp3) is 0.111. The van der Waals surface area contributed by atoms with E-state index in [1.807, 2.05) is 54.6 Å². The average Bonchev–Trinajstić information content (AvgIpc) is 3.01. The van der Waals surface area contributed by atoms with Gasteiger partial charge in [0.1, 0.15) is 0 Å². The normalized spacial score (nSPS) is 10.5. The molecule has 0 atom stereocenters. The summed E-state index contributed by atoms with van der Waals surface area (Å²) in [5.74, 6) is 0.306. The van der Waals surface area contributed by atoms with Crippen molar-refractivity contribution < 1.29 is 13.9 Å². The molecule has 3 aromatic rings. The number of aromatic nitrogens is 1. The molecule has 23 heavy (non-hydrogen) atoms. The minimum absolute atomic E-state index is 0.184. The lowest BCUT2D eigenvalue weighted by Crippen LogP contribution is -2.06. The first-order valence-corrected chi connectivity index (χ1v) is 7.97. The minimum Gasteiger partial charge on any atom is -0.461 e. The van der Waals surface area contributed by atoms with E-state index in [9.17, 15) is 4.79 Å². The molecular formula is C18H14BrNO3. The van der Waals surface area contributed by atoms with Crippen LogP contribution < -0.4 is 0 Å². The molecule has 0 aliphatic rings. The summed E-state index contributed by atoms with van der Waals surface area (Å²) in [4.78, 5) is 16.6. The third-order valence-corrected chi connectivity index (χ3v) is 3.70. The fourth-order valence-corrected chi connectivity index (χ4v) is 2.59. The molecule has 0 N–H and O–H groups in total. The first-order valence-electron chi connectivity index (χ1n) is 7.18. The van der Waals surface area contributed by atoms with Crippen molar-refractivity contribution >= 4 is 21.9 Å². The molecule has 0 aliphatic carbocycles. The van der Waals surface area contributed by atoms with E-state index in [4.69, 9.17) is 9.15 Å². The molecular weight excluding hydrogens is 358 g/mol. The lowest BCUT2D eigenvalue weighted by molar-refractivity contribution is 0.0520. The van der Waals surface area contributed by atoms with Crippen molar-refractivity contribution in [2.24, 2.45) is 0 Å². The Labute approximate surface area is 142 Å². The van der Waals surface area contributed by atoms with Gasteiger partial charge < -0.3 is 9.15 Å². The van der Waals surface area contributed by atoms with E-state index in [2.05, 4.69) is 20.9 Å². The van der Waals surface area contributed by atoms with Crippen LogP contribution in [0.4, 0.5) is 0 Å². The van der Waals surface area contributed by atoms with Crippen LogP contribution in [0, 0.1) is 0 Å². The van der Waals surface area contributed by atoms with E-state index in [0.717, 1.165) is 15.6 Å². The summed E-state index contributed by atoms with van der Waals surface area (Å²) in [5, 5.41) is 0. The molecule has 0 spiro atoms. The topological polar surface area (TPSA) is 52.3 Å². The van der Waals surface area contributed by atoms with Crippen molar-refractivity contribution in [3.63, 3.8) is 0 Å². The molecule has 2 aromatic carbocycles. The van der Waals surface area contributed by atoms with Crippen LogP contribution in [0.1, 0.15) is 17.4 Å². The van der Waals surface area contributed by atoms with E-state index in [1.165, 1.54) is 0 Å². The second kappa shape index (κ2) is 6.79. The highest BCUT2D eigenvalue weighted by Gasteiger charge is 2.23. The summed E-state index contributed by atoms with van der Waals surface area (Å²) in [6.45, 7) is 2.04. The first-order chi connectivity index (χ1) is 11.2. The molecule has 0 saturated heterocycles. The van der Waals surface area contributed by atoms with E-state index < -0.39 is 5.97 Å². The second-order valence-electron chi connectivity index (χ2n) is 4.79. The van der Waals surface area contributed by atoms with E-state index in [1.54, 1.807) is 6.92 Å². The van der Waals surface area contributed by atoms with Crippen LogP contribution >= 0.6 is 15.9 Å². The summed E-state index contributed by atoms with van der Waals surface area (Å²) >= 11 is 3.43. The van der Waals surface area contributed by atoms with Gasteiger partial charge in [0.25, 0.3) is 0 Å². The number of oxazole rings is 1. The molecule has 0 bridgehead atoms. The standard InChI is InChI=1S/C18H14BrNO3/c1-2-22-18(21)15-16(13-9-6-10-14(19)11-13)23-17(20-15)12-7-4-3-5-8-12/h3-11H,2H2,1H3. The van der Waals surface area contributed by atoms with Gasteiger partial charge in [0.2, 0.25) is 5.89 Å². The van der Waals surface area contributed by atoms with E-state index >= 15 is 0 Å². The molecule has 1 aromatic heterocycles. The molecule has 3 rings (SSSR count). The Balaban J connectivity index is 2.13. The molecule has 0 radical (unpaired) electrons. The monoisotopic (exact) mass is 371 g/mol. The zero-order valence-electron chi connectivity index (χ0n) is 12.5. The lowest BCUT2D eigenvalue weighted by Gasteiger charge is -2.01. The number of esters is 1. The summed E-state index contributed by atoms with van der Waals surface area (Å²) in [6.07, 6.45) is 0. The Morgan fingerprint density at radius 2 is 1.87 bits per heavy atom. The molecule has 1 heterocycles. The van der Waals surface area contributed by atoms with Gasteiger partial charge >= 0.3 is 5.97 Å². The number of halogens is 1. The molecule has 0 fully saturated rings. The fourth-order valence-electron chi connectivity index (χ4n) is 2.19. The highest BCUT2D eigenvalue weighted by molar-refractivity contribution is 9.10. The molecule has 0 amide bonds. The summed E-state index contributed by atoms with van der Waals surface area (Å²) < 4.78 is 11.9. The van der Waals surface area contributed by atoms with Crippen molar-refractivity contribution in [1.29, 1.82) is 0 Å². The van der Waals surface area contributed by atoms with E-state index in [0.29, 0.717) is 11.7 Å². The smallest absolute Gasteiger partial charge is 0.361 e. The zero-order chi connectivity index (χ0) is 16.2. The highest BCUT2D eigenvalue weighted by Crippen LogP contribution is 2.31. The van der Waals surface area contributed by atoms with Crippen molar-refractivity contribution in [2.45, 2.75) is 6.92 Å². The molecule has 4 nitrogen and oxygen atoms in total. The Morgan fingerprint density at radius 3 is 2.57 bits per heavy atom. The minimum atomic E-state index is -0.492. The third kappa shape index (κ3) is 3.35. The maximum absolute atomic E-state index is 12.2. The van der Waals surface area contributed by atoms with Gasteiger partial charge in [0, 0.05) is 15.6 Å². The SMILES string of the molecule is CCOC(=O)c1nc(-c2ccccc2)oc1-c1cccc(Br)c1. The van der Waals surface area contributed by atoms with Crippen LogP contribution in [0.15, 0.2) is 63.5 Å². The predicted octanol–water partition coefficient (Wildman–Crippen LogP) is 4.95. The molecule has 5 heteroatoms. The van der Waals surface area contributed by atoms with Crippen LogP contribution in [-0.4, -0.2) is 17.6 Å². The number of hydrogen-bond donors (Lipinski definition) is 0. The highest BCUT2D eigenvalue weighted by atomic mass is 79.9. The van der Waals surface area contributed by atoms with Crippen LogP contribution in [0.3, 0.4) is 0 Å². The zero-order valence-corrected chi connectivity index (χ0v) is 14.0. The Hall–Kier alpha value is -2.40. The maximum atomic E-state index is 12.2. The van der Waals surface area contributed by atoms with Crippen LogP contribution in [0.2, 0.25) is 0 Å². The summed E-state index contributed by atoms with van der Waals surface area (Å²) in [5.41, 5.74) is 1.75. The van der Waals surface area contributed by atoms with Gasteiger partial charge in [-0.15, -0.1) is 0 Å². The number of hydrogen-bond acceptors (Lipinski definition) is 4. The molecule has 0 saturated carbocycles. The van der Waals surface area contributed by atoms with E-state index in [-0.39, 0.29) is 12.3 Å². The summed E-state index contributed by atoms with van der Waals surface area (Å²) in [6, 6.07) is 17.0. The lowest BCUT2D eigenvalue weighted by atomic mass is 10.1. The van der Waals surface area contributed by atoms with Crippen LogP contribution in [-0.2, 0) is 4.74 Å². The number of nitrogens with zero attached hydrogens (tertiary/aromatic N) is 1. The first kappa shape index (κ1) is 15.5. The largest absolute Gasteiger partial charge is 0.461 e. The maximum Gasteiger partial charge on any atom is 0.361 e. The van der Waals surface area contributed by atoms with Crippen molar-refractivity contribution in [3.05, 3.63) is 64.8 Å². The van der Waals surface area contributed by atoms with Crippen molar-refractivity contribution in [1.82, 2.24) is 4.98 Å². The second-order valence-corrected chi connectivity index (χ2v) is 5.71. The van der Waals surface area contributed by atoms with Gasteiger partial charge in [-0.25, -0.2) is 9.78 Å². The van der Waals surface area contributed by atoms with Crippen LogP contribution in [0.5, 0.6) is 0 Å². The third-order valence-electron chi connectivity index (χ3n) is 3.20. The molecule has 0 aliphatic heterocycles. The van der Waals surface area contributed by atoms with Gasteiger partial charge in [-0.05, 0) is 31.2 Å².